The molecule has 1 unspecified atom stereocenters. The maximum atomic E-state index is 12.7. The number of aromatic nitrogens is 4. The molecule has 0 fully saturated rings. The van der Waals surface area contributed by atoms with Gasteiger partial charge in [-0.25, -0.2) is 4.68 Å². The number of hydrogen-bond acceptors (Lipinski definition) is 5. The van der Waals surface area contributed by atoms with Crippen LogP contribution in [0, 0.1) is 6.92 Å². The Balaban J connectivity index is 1.73. The second-order valence-corrected chi connectivity index (χ2v) is 7.18. The predicted octanol–water partition coefficient (Wildman–Crippen LogP) is 2.61. The van der Waals surface area contributed by atoms with Gasteiger partial charge in [0.05, 0.1) is 0 Å². The number of carbonyl (C=O) groups excluding carboxylic acids is 1. The Morgan fingerprint density at radius 2 is 2.04 bits per heavy atom. The van der Waals surface area contributed by atoms with Gasteiger partial charge in [0.15, 0.2) is 5.82 Å². The van der Waals surface area contributed by atoms with Crippen LogP contribution in [0.15, 0.2) is 42.6 Å². The zero-order valence-electron chi connectivity index (χ0n) is 17.0. The molecule has 0 saturated carbocycles. The first kappa shape index (κ1) is 19.5. The molecule has 146 valence electrons. The summed E-state index contributed by atoms with van der Waals surface area (Å²) in [4.78, 5) is 23.6. The van der Waals surface area contributed by atoms with Crippen molar-refractivity contribution in [3.05, 3.63) is 59.4 Å². The fraction of sp³-hybridized carbons (Fsp3) is 0.333. The smallest absolute Gasteiger partial charge is 0.251 e. The van der Waals surface area contributed by atoms with Crippen LogP contribution in [0.4, 0.5) is 5.95 Å². The lowest BCUT2D eigenvalue weighted by molar-refractivity contribution is 0.0940. The lowest BCUT2D eigenvalue weighted by Crippen LogP contribution is -2.34. The van der Waals surface area contributed by atoms with E-state index in [1.54, 1.807) is 16.9 Å². The molecule has 0 aliphatic rings. The number of nitrogens with zero attached hydrogens (tertiary/aromatic N) is 5. The second-order valence-electron chi connectivity index (χ2n) is 7.18. The number of nitrogens with one attached hydrogen (secondary N) is 1. The number of carbonyl (C=O) groups is 1. The first-order valence-corrected chi connectivity index (χ1v) is 9.25. The van der Waals surface area contributed by atoms with E-state index >= 15 is 0 Å². The summed E-state index contributed by atoms with van der Waals surface area (Å²) in [5.74, 6) is 1.23. The summed E-state index contributed by atoms with van der Waals surface area (Å²) in [6, 6.07) is 11.3. The maximum Gasteiger partial charge on any atom is 0.251 e. The van der Waals surface area contributed by atoms with E-state index in [1.807, 2.05) is 70.2 Å². The zero-order chi connectivity index (χ0) is 20.3. The van der Waals surface area contributed by atoms with E-state index in [2.05, 4.69) is 20.4 Å². The van der Waals surface area contributed by atoms with Crippen LogP contribution in [0.5, 0.6) is 0 Å². The van der Waals surface area contributed by atoms with Crippen molar-refractivity contribution in [2.45, 2.75) is 26.3 Å². The Labute approximate surface area is 165 Å². The molecule has 1 amide bonds. The van der Waals surface area contributed by atoms with Gasteiger partial charge in [-0.1, -0.05) is 18.2 Å². The highest BCUT2D eigenvalue weighted by molar-refractivity contribution is 5.95. The lowest BCUT2D eigenvalue weighted by Gasteiger charge is -2.15. The van der Waals surface area contributed by atoms with Gasteiger partial charge in [0, 0.05) is 56.6 Å². The average Bonchev–Trinajstić information content (AvgIpc) is 3.06. The molecule has 1 atom stereocenters. The summed E-state index contributed by atoms with van der Waals surface area (Å²) in [6.45, 7) is 4.02. The van der Waals surface area contributed by atoms with Crippen LogP contribution in [0.25, 0.3) is 11.4 Å². The molecule has 0 aliphatic heterocycles. The molecular weight excluding hydrogens is 352 g/mol. The standard InChI is InChI=1S/C21H26N6O/c1-14-8-7-11-22-18(14)12-15(2)23-20(28)17-10-6-9-16(13-17)19-24-21(26(3)4)27(5)25-19/h6-11,13,15H,12H2,1-5H3,(H,23,28). The van der Waals surface area contributed by atoms with Gasteiger partial charge in [-0.2, -0.15) is 4.98 Å². The molecule has 28 heavy (non-hydrogen) atoms. The van der Waals surface area contributed by atoms with Crippen molar-refractivity contribution in [3.63, 3.8) is 0 Å². The number of pyridine rings is 1. The fourth-order valence-electron chi connectivity index (χ4n) is 3.07. The van der Waals surface area contributed by atoms with Crippen molar-refractivity contribution in [2.24, 2.45) is 7.05 Å². The van der Waals surface area contributed by atoms with Crippen LogP contribution >= 0.6 is 0 Å². The maximum absolute atomic E-state index is 12.7. The van der Waals surface area contributed by atoms with Crippen molar-refractivity contribution in [1.29, 1.82) is 0 Å². The number of rotatable bonds is 6. The van der Waals surface area contributed by atoms with Crippen molar-refractivity contribution in [3.8, 4) is 11.4 Å². The quantitative estimate of drug-likeness (QED) is 0.714. The lowest BCUT2D eigenvalue weighted by atomic mass is 10.1. The first-order valence-electron chi connectivity index (χ1n) is 9.25. The Hall–Kier alpha value is -3.22. The third kappa shape index (κ3) is 4.36. The molecule has 7 nitrogen and oxygen atoms in total. The summed E-state index contributed by atoms with van der Waals surface area (Å²) < 4.78 is 1.72. The molecule has 7 heteroatoms. The summed E-state index contributed by atoms with van der Waals surface area (Å²) in [6.07, 6.45) is 2.47. The molecule has 0 aliphatic carbocycles. The summed E-state index contributed by atoms with van der Waals surface area (Å²) in [5.41, 5.74) is 3.52. The minimum Gasteiger partial charge on any atom is -0.349 e. The van der Waals surface area contributed by atoms with Gasteiger partial charge >= 0.3 is 0 Å². The Morgan fingerprint density at radius 3 is 2.71 bits per heavy atom. The van der Waals surface area contributed by atoms with E-state index in [0.717, 1.165) is 22.8 Å². The largest absolute Gasteiger partial charge is 0.349 e. The van der Waals surface area contributed by atoms with Gasteiger partial charge in [0.25, 0.3) is 5.91 Å². The highest BCUT2D eigenvalue weighted by atomic mass is 16.1. The van der Waals surface area contributed by atoms with E-state index in [9.17, 15) is 4.79 Å². The zero-order valence-corrected chi connectivity index (χ0v) is 17.0. The molecule has 2 aromatic heterocycles. The Kier molecular flexibility index (Phi) is 5.73. The van der Waals surface area contributed by atoms with Crippen LogP contribution in [0.1, 0.15) is 28.5 Å². The minimum atomic E-state index is -0.119. The molecule has 1 N–H and O–H groups in total. The number of aryl methyl sites for hydroxylation is 2. The van der Waals surface area contributed by atoms with E-state index < -0.39 is 0 Å². The van der Waals surface area contributed by atoms with Crippen molar-refractivity contribution < 1.29 is 4.79 Å². The first-order chi connectivity index (χ1) is 13.3. The van der Waals surface area contributed by atoms with Gasteiger partial charge in [-0.3, -0.25) is 9.78 Å². The minimum absolute atomic E-state index is 0.0296. The van der Waals surface area contributed by atoms with Crippen LogP contribution in [0.2, 0.25) is 0 Å². The predicted molar refractivity (Wildman–Crippen MR) is 110 cm³/mol. The fourth-order valence-corrected chi connectivity index (χ4v) is 3.07. The molecule has 0 bridgehead atoms. The SMILES string of the molecule is Cc1cccnc1CC(C)NC(=O)c1cccc(-c2nc(N(C)C)n(C)n2)c1. The van der Waals surface area contributed by atoms with Gasteiger partial charge in [-0.05, 0) is 37.6 Å². The Morgan fingerprint density at radius 1 is 1.25 bits per heavy atom. The number of anilines is 1. The van der Waals surface area contributed by atoms with E-state index in [0.29, 0.717) is 17.8 Å². The molecular formula is C21H26N6O. The van der Waals surface area contributed by atoms with Gasteiger partial charge in [-0.15, -0.1) is 5.10 Å². The summed E-state index contributed by atoms with van der Waals surface area (Å²) in [7, 11) is 5.69. The molecule has 1 aromatic carbocycles. The van der Waals surface area contributed by atoms with Crippen LogP contribution in [0.3, 0.4) is 0 Å². The molecule has 2 heterocycles. The van der Waals surface area contributed by atoms with Gasteiger partial charge in [0.2, 0.25) is 5.95 Å². The van der Waals surface area contributed by atoms with Crippen LogP contribution in [-0.2, 0) is 13.5 Å². The number of hydrogen-bond donors (Lipinski definition) is 1. The molecule has 3 rings (SSSR count). The van der Waals surface area contributed by atoms with Crippen molar-refractivity contribution >= 4 is 11.9 Å². The normalized spacial score (nSPS) is 11.9. The van der Waals surface area contributed by atoms with E-state index in [-0.39, 0.29) is 11.9 Å². The number of amides is 1. The topological polar surface area (TPSA) is 75.9 Å². The molecule has 3 aromatic rings. The van der Waals surface area contributed by atoms with Gasteiger partial charge < -0.3 is 10.2 Å². The summed E-state index contributed by atoms with van der Waals surface area (Å²) >= 11 is 0. The Bertz CT molecular complexity index is 979. The van der Waals surface area contributed by atoms with E-state index in [1.165, 1.54) is 0 Å². The van der Waals surface area contributed by atoms with Gasteiger partial charge in [0.1, 0.15) is 0 Å². The molecule has 0 radical (unpaired) electrons. The third-order valence-electron chi connectivity index (χ3n) is 4.52. The van der Waals surface area contributed by atoms with Crippen LogP contribution < -0.4 is 10.2 Å². The molecule has 0 spiro atoms. The van der Waals surface area contributed by atoms with E-state index in [4.69, 9.17) is 0 Å². The third-order valence-corrected chi connectivity index (χ3v) is 4.52. The van der Waals surface area contributed by atoms with Crippen molar-refractivity contribution in [2.75, 3.05) is 19.0 Å². The monoisotopic (exact) mass is 378 g/mol. The number of benzene rings is 1. The highest BCUT2D eigenvalue weighted by Gasteiger charge is 2.15. The van der Waals surface area contributed by atoms with Crippen LogP contribution in [-0.4, -0.2) is 45.8 Å². The van der Waals surface area contributed by atoms with Crippen molar-refractivity contribution in [1.82, 2.24) is 25.1 Å². The molecule has 0 saturated heterocycles. The highest BCUT2D eigenvalue weighted by Crippen LogP contribution is 2.20. The average molecular weight is 378 g/mol. The second kappa shape index (κ2) is 8.21. The summed E-state index contributed by atoms with van der Waals surface area (Å²) in [5, 5.41) is 7.51.